The van der Waals surface area contributed by atoms with Gasteiger partial charge in [0.1, 0.15) is 11.9 Å². The number of amides is 1. The molecule has 104 valence electrons. The number of fused-ring (bicyclic) bond motifs is 2. The lowest BCUT2D eigenvalue weighted by atomic mass is 10.1. The summed E-state index contributed by atoms with van der Waals surface area (Å²) in [6.07, 6.45) is 0.692. The molecule has 2 aliphatic rings. The molecular weight excluding hydrogens is 272 g/mol. The Kier molecular flexibility index (Phi) is 3.48. The molecule has 0 fully saturated rings. The van der Waals surface area contributed by atoms with E-state index in [0.717, 1.165) is 22.7 Å². The van der Waals surface area contributed by atoms with E-state index in [2.05, 4.69) is 15.4 Å². The maximum Gasteiger partial charge on any atom is 0.276 e. The van der Waals surface area contributed by atoms with Crippen molar-refractivity contribution < 1.29 is 4.79 Å². The van der Waals surface area contributed by atoms with Gasteiger partial charge in [-0.1, -0.05) is 43.8 Å². The molecule has 0 saturated carbocycles. The van der Waals surface area contributed by atoms with Gasteiger partial charge in [-0.3, -0.25) is 15.1 Å². The molecular formula is C14H16N4OS. The van der Waals surface area contributed by atoms with Crippen molar-refractivity contribution >= 4 is 28.5 Å². The number of rotatable bonds is 2. The highest BCUT2D eigenvalue weighted by molar-refractivity contribution is 8.13. The highest BCUT2D eigenvalue weighted by Crippen LogP contribution is 2.21. The third kappa shape index (κ3) is 2.10. The predicted molar refractivity (Wildman–Crippen MR) is 80.3 cm³/mol. The molecule has 3 rings (SSSR count). The third-order valence-electron chi connectivity index (χ3n) is 3.24. The SMILES string of the molecule is CCSC1=NN2C(=c3ccccc3=N[C@H]2CC)C(=O)N1. The molecule has 1 atom stereocenters. The van der Waals surface area contributed by atoms with Crippen LogP contribution in [0.15, 0.2) is 34.4 Å². The minimum absolute atomic E-state index is 0.100. The lowest BCUT2D eigenvalue weighted by Crippen LogP contribution is -2.52. The molecule has 1 amide bonds. The van der Waals surface area contributed by atoms with Crippen LogP contribution in [0.2, 0.25) is 0 Å². The Hall–Kier alpha value is -1.82. The fraction of sp³-hybridized carbons (Fsp3) is 0.357. The zero-order valence-electron chi connectivity index (χ0n) is 11.5. The standard InChI is InChI=1S/C14H16N4OS/c1-3-11-15-10-8-6-5-7-9(10)12-13(19)16-14(20-4-2)17-18(11)12/h5-8,11H,3-4H2,1-2H3,(H,16,17,19)/t11-/m1/s1. The first-order valence-corrected chi connectivity index (χ1v) is 7.72. The van der Waals surface area contributed by atoms with Gasteiger partial charge in [0.25, 0.3) is 5.91 Å². The molecule has 0 bridgehead atoms. The molecule has 0 spiro atoms. The molecule has 1 aromatic carbocycles. The molecule has 0 aromatic heterocycles. The second-order valence-corrected chi connectivity index (χ2v) is 5.77. The van der Waals surface area contributed by atoms with Crippen LogP contribution in [0.3, 0.4) is 0 Å². The molecule has 0 saturated heterocycles. The second kappa shape index (κ2) is 5.28. The van der Waals surface area contributed by atoms with Gasteiger partial charge in [0.2, 0.25) is 0 Å². The van der Waals surface area contributed by atoms with Crippen LogP contribution in [-0.2, 0) is 4.79 Å². The molecule has 0 radical (unpaired) electrons. The molecule has 0 unspecified atom stereocenters. The molecule has 2 aliphatic heterocycles. The molecule has 20 heavy (non-hydrogen) atoms. The Morgan fingerprint density at radius 3 is 2.90 bits per heavy atom. The molecule has 0 aliphatic carbocycles. The highest BCUT2D eigenvalue weighted by Gasteiger charge is 2.32. The quantitative estimate of drug-likeness (QED) is 0.868. The van der Waals surface area contributed by atoms with Crippen LogP contribution >= 0.6 is 11.8 Å². The average Bonchev–Trinajstić information content (AvgIpc) is 2.46. The van der Waals surface area contributed by atoms with Crippen molar-refractivity contribution in [2.75, 3.05) is 5.75 Å². The summed E-state index contributed by atoms with van der Waals surface area (Å²) in [6.45, 7) is 4.08. The highest BCUT2D eigenvalue weighted by atomic mass is 32.2. The summed E-state index contributed by atoms with van der Waals surface area (Å²) in [5.74, 6) is 0.768. The summed E-state index contributed by atoms with van der Waals surface area (Å²) in [6, 6.07) is 7.71. The van der Waals surface area contributed by atoms with E-state index < -0.39 is 0 Å². The van der Waals surface area contributed by atoms with E-state index in [1.807, 2.05) is 38.1 Å². The number of carbonyl (C=O) groups excluding carboxylic acids is 1. The van der Waals surface area contributed by atoms with Crippen LogP contribution < -0.4 is 15.9 Å². The van der Waals surface area contributed by atoms with Crippen molar-refractivity contribution in [1.82, 2.24) is 10.3 Å². The lowest BCUT2D eigenvalue weighted by Gasteiger charge is -2.33. The van der Waals surface area contributed by atoms with Crippen LogP contribution in [0.1, 0.15) is 20.3 Å². The summed E-state index contributed by atoms with van der Waals surface area (Å²) in [5, 5.41) is 11.5. The zero-order valence-corrected chi connectivity index (χ0v) is 12.3. The predicted octanol–water partition coefficient (Wildman–Crippen LogP) is 0.620. The molecule has 6 heteroatoms. The van der Waals surface area contributed by atoms with Gasteiger partial charge in [-0.25, -0.2) is 5.01 Å². The Bertz CT molecular complexity index is 697. The van der Waals surface area contributed by atoms with Gasteiger partial charge in [0, 0.05) is 5.22 Å². The number of hydrogen-bond donors (Lipinski definition) is 1. The normalized spacial score (nSPS) is 20.6. The molecule has 2 heterocycles. The number of carbonyl (C=O) groups is 1. The van der Waals surface area contributed by atoms with Crippen molar-refractivity contribution in [3.05, 3.63) is 34.8 Å². The number of para-hydroxylation sites is 1. The Labute approximate surface area is 121 Å². The number of hydrazone groups is 1. The van der Waals surface area contributed by atoms with E-state index in [-0.39, 0.29) is 12.1 Å². The van der Waals surface area contributed by atoms with E-state index in [1.54, 1.807) is 5.01 Å². The fourth-order valence-electron chi connectivity index (χ4n) is 2.36. The van der Waals surface area contributed by atoms with Crippen molar-refractivity contribution in [3.63, 3.8) is 0 Å². The van der Waals surface area contributed by atoms with Gasteiger partial charge < -0.3 is 0 Å². The number of thioether (sulfide) groups is 1. The van der Waals surface area contributed by atoms with E-state index >= 15 is 0 Å². The Morgan fingerprint density at radius 1 is 1.35 bits per heavy atom. The zero-order chi connectivity index (χ0) is 14.1. The maximum atomic E-state index is 12.4. The number of nitrogens with zero attached hydrogens (tertiary/aromatic N) is 3. The summed E-state index contributed by atoms with van der Waals surface area (Å²) in [4.78, 5) is 17.1. The van der Waals surface area contributed by atoms with Crippen LogP contribution in [0.25, 0.3) is 5.70 Å². The van der Waals surface area contributed by atoms with Crippen LogP contribution in [0, 0.1) is 0 Å². The number of hydrogen-bond acceptors (Lipinski definition) is 5. The van der Waals surface area contributed by atoms with Crippen LogP contribution in [0.4, 0.5) is 0 Å². The van der Waals surface area contributed by atoms with E-state index in [4.69, 9.17) is 0 Å². The summed E-state index contributed by atoms with van der Waals surface area (Å²) < 4.78 is 0. The number of nitrogens with one attached hydrogen (secondary N) is 1. The van der Waals surface area contributed by atoms with E-state index in [0.29, 0.717) is 10.9 Å². The van der Waals surface area contributed by atoms with Crippen LogP contribution in [0.5, 0.6) is 0 Å². The summed E-state index contributed by atoms with van der Waals surface area (Å²) in [7, 11) is 0. The van der Waals surface area contributed by atoms with E-state index in [1.165, 1.54) is 11.8 Å². The lowest BCUT2D eigenvalue weighted by molar-refractivity contribution is -0.116. The fourth-order valence-corrected chi connectivity index (χ4v) is 2.95. The van der Waals surface area contributed by atoms with Gasteiger partial charge >= 0.3 is 0 Å². The third-order valence-corrected chi connectivity index (χ3v) is 3.98. The maximum absolute atomic E-state index is 12.4. The van der Waals surface area contributed by atoms with Gasteiger partial charge in [0.05, 0.1) is 5.36 Å². The minimum atomic E-state index is -0.113. The number of amidine groups is 1. The first-order valence-electron chi connectivity index (χ1n) is 6.73. The average molecular weight is 288 g/mol. The second-order valence-electron chi connectivity index (χ2n) is 4.52. The molecule has 1 N–H and O–H groups in total. The van der Waals surface area contributed by atoms with E-state index in [9.17, 15) is 4.79 Å². The smallest absolute Gasteiger partial charge is 0.276 e. The van der Waals surface area contributed by atoms with Crippen molar-refractivity contribution in [1.29, 1.82) is 0 Å². The number of benzene rings is 1. The molecule has 5 nitrogen and oxygen atoms in total. The largest absolute Gasteiger partial charge is 0.298 e. The summed E-state index contributed by atoms with van der Waals surface area (Å²) in [5.41, 5.74) is 0.600. The summed E-state index contributed by atoms with van der Waals surface area (Å²) >= 11 is 1.53. The first-order chi connectivity index (χ1) is 9.74. The van der Waals surface area contributed by atoms with Gasteiger partial charge in [-0.15, -0.1) is 5.10 Å². The Balaban J connectivity index is 2.21. The van der Waals surface area contributed by atoms with Crippen molar-refractivity contribution in [2.45, 2.75) is 26.4 Å². The van der Waals surface area contributed by atoms with Crippen LogP contribution in [-0.4, -0.2) is 28.0 Å². The van der Waals surface area contributed by atoms with Gasteiger partial charge in [-0.05, 0) is 18.2 Å². The Morgan fingerprint density at radius 2 is 2.15 bits per heavy atom. The first kappa shape index (κ1) is 13.2. The van der Waals surface area contributed by atoms with Gasteiger partial charge in [-0.2, -0.15) is 0 Å². The topological polar surface area (TPSA) is 57.1 Å². The van der Waals surface area contributed by atoms with Crippen molar-refractivity contribution in [3.8, 4) is 0 Å². The monoisotopic (exact) mass is 288 g/mol. The molecule has 1 aromatic rings. The van der Waals surface area contributed by atoms with Gasteiger partial charge in [0.15, 0.2) is 5.17 Å². The minimum Gasteiger partial charge on any atom is -0.298 e. The van der Waals surface area contributed by atoms with Crippen molar-refractivity contribution in [2.24, 2.45) is 10.1 Å².